The molecule has 0 bridgehead atoms. The lowest BCUT2D eigenvalue weighted by Gasteiger charge is -2.34. The highest BCUT2D eigenvalue weighted by Gasteiger charge is 2.22. The smallest absolute Gasteiger partial charge is 0.0589 e. The van der Waals surface area contributed by atoms with Gasteiger partial charge in [-0.3, -0.25) is 14.6 Å². The summed E-state index contributed by atoms with van der Waals surface area (Å²) >= 11 is 0. The van der Waals surface area contributed by atoms with Crippen LogP contribution in [0, 0.1) is 5.92 Å². The molecule has 1 aliphatic rings. The Balaban J connectivity index is 1.59. The van der Waals surface area contributed by atoms with Gasteiger partial charge in [0.25, 0.3) is 0 Å². The Morgan fingerprint density at radius 2 is 1.86 bits per heavy atom. The lowest BCUT2D eigenvalue weighted by Crippen LogP contribution is -2.39. The van der Waals surface area contributed by atoms with Crippen LogP contribution < -0.4 is 0 Å². The highest BCUT2D eigenvalue weighted by Crippen LogP contribution is 2.21. The van der Waals surface area contributed by atoms with Gasteiger partial charge in [-0.25, -0.2) is 0 Å². The van der Waals surface area contributed by atoms with Gasteiger partial charge in [-0.15, -0.1) is 0 Å². The van der Waals surface area contributed by atoms with Crippen LogP contribution in [-0.2, 0) is 17.8 Å². The Hall–Kier alpha value is -1.76. The van der Waals surface area contributed by atoms with E-state index >= 15 is 0 Å². The second-order valence-corrected chi connectivity index (χ2v) is 8.23. The van der Waals surface area contributed by atoms with E-state index in [2.05, 4.69) is 52.1 Å². The van der Waals surface area contributed by atoms with E-state index in [4.69, 9.17) is 4.74 Å². The third-order valence-electron chi connectivity index (χ3n) is 5.58. The molecule has 28 heavy (non-hydrogen) atoms. The summed E-state index contributed by atoms with van der Waals surface area (Å²) in [5, 5.41) is 4.52. The Labute approximate surface area is 169 Å². The molecule has 2 aromatic heterocycles. The fourth-order valence-electron chi connectivity index (χ4n) is 3.91. The molecule has 0 radical (unpaired) electrons. The fourth-order valence-corrected chi connectivity index (χ4v) is 3.91. The zero-order chi connectivity index (χ0) is 19.8. The van der Waals surface area contributed by atoms with E-state index in [1.54, 1.807) is 7.11 Å². The van der Waals surface area contributed by atoms with Gasteiger partial charge in [0.1, 0.15) is 0 Å². The van der Waals surface area contributed by atoms with Crippen molar-refractivity contribution in [3.63, 3.8) is 0 Å². The Kier molecular flexibility index (Phi) is 8.01. The van der Waals surface area contributed by atoms with E-state index in [1.165, 1.54) is 37.1 Å². The van der Waals surface area contributed by atoms with Crippen molar-refractivity contribution < 1.29 is 4.74 Å². The van der Waals surface area contributed by atoms with E-state index < -0.39 is 0 Å². The van der Waals surface area contributed by atoms with Gasteiger partial charge < -0.3 is 9.64 Å². The van der Waals surface area contributed by atoms with Crippen molar-refractivity contribution in [1.29, 1.82) is 0 Å². The summed E-state index contributed by atoms with van der Waals surface area (Å²) in [5.74, 6) is 0.751. The fraction of sp³-hybridized carbons (Fsp3) is 0.636. The summed E-state index contributed by atoms with van der Waals surface area (Å²) in [4.78, 5) is 9.26. The Bertz CT molecular complexity index is 679. The molecule has 3 rings (SSSR count). The van der Waals surface area contributed by atoms with Crippen molar-refractivity contribution in [1.82, 2.24) is 24.6 Å². The summed E-state index contributed by atoms with van der Waals surface area (Å²) in [6, 6.07) is 4.65. The number of rotatable bonds is 10. The lowest BCUT2D eigenvalue weighted by molar-refractivity contribution is 0.104. The number of likely N-dealkylation sites (tertiary alicyclic amines) is 1. The molecule has 0 saturated carbocycles. The topological polar surface area (TPSA) is 46.4 Å². The normalized spacial score (nSPS) is 16.3. The second-order valence-electron chi connectivity index (χ2n) is 8.23. The molecule has 0 atom stereocenters. The van der Waals surface area contributed by atoms with Crippen molar-refractivity contribution in [3.05, 3.63) is 48.0 Å². The highest BCUT2D eigenvalue weighted by molar-refractivity contribution is 5.11. The third kappa shape index (κ3) is 6.40. The molecule has 6 nitrogen and oxygen atoms in total. The predicted octanol–water partition coefficient (Wildman–Crippen LogP) is 3.22. The number of piperidine rings is 1. The first-order valence-corrected chi connectivity index (χ1v) is 10.5. The van der Waals surface area contributed by atoms with Gasteiger partial charge >= 0.3 is 0 Å². The van der Waals surface area contributed by atoms with Crippen molar-refractivity contribution in [2.75, 3.05) is 39.9 Å². The van der Waals surface area contributed by atoms with Gasteiger partial charge in [0.05, 0.1) is 12.8 Å². The highest BCUT2D eigenvalue weighted by atomic mass is 16.5. The molecular weight excluding hydrogens is 350 g/mol. The van der Waals surface area contributed by atoms with Crippen molar-refractivity contribution >= 4 is 0 Å². The number of aromatic nitrogens is 3. The van der Waals surface area contributed by atoms with Crippen LogP contribution in [0.15, 0.2) is 36.9 Å². The number of hydrogen-bond donors (Lipinski definition) is 0. The SMILES string of the molecule is COCCN1CCC(CN(Cc2ccncc2)Cc2cnn(C(C)C)c2)CC1. The Morgan fingerprint density at radius 3 is 2.50 bits per heavy atom. The molecule has 2 aromatic rings. The standard InChI is InChI=1S/C22H35N5O/c1-19(2)27-18-22(14-24-27)17-26(15-20-4-8-23-9-5-20)16-21-6-10-25(11-7-21)12-13-28-3/h4-5,8-9,14,18-19,21H,6-7,10-13,15-17H2,1-3H3. The van der Waals surface area contributed by atoms with E-state index in [0.29, 0.717) is 6.04 Å². The molecule has 1 fully saturated rings. The van der Waals surface area contributed by atoms with E-state index in [0.717, 1.165) is 38.7 Å². The molecule has 0 unspecified atom stereocenters. The predicted molar refractivity (Wildman–Crippen MR) is 112 cm³/mol. The third-order valence-corrected chi connectivity index (χ3v) is 5.58. The van der Waals surface area contributed by atoms with Gasteiger partial charge in [-0.05, 0) is 63.4 Å². The molecule has 0 aromatic carbocycles. The van der Waals surface area contributed by atoms with Crippen LogP contribution in [0.3, 0.4) is 0 Å². The average Bonchev–Trinajstić information content (AvgIpc) is 3.17. The van der Waals surface area contributed by atoms with Crippen LogP contribution in [0.2, 0.25) is 0 Å². The van der Waals surface area contributed by atoms with Crippen molar-refractivity contribution in [3.8, 4) is 0 Å². The molecule has 154 valence electrons. The summed E-state index contributed by atoms with van der Waals surface area (Å²) < 4.78 is 7.27. The van der Waals surface area contributed by atoms with Gasteiger partial charge in [-0.2, -0.15) is 5.10 Å². The minimum Gasteiger partial charge on any atom is -0.383 e. The maximum Gasteiger partial charge on any atom is 0.0589 e. The van der Waals surface area contributed by atoms with Gasteiger partial charge in [0.2, 0.25) is 0 Å². The first-order valence-electron chi connectivity index (χ1n) is 10.5. The molecule has 0 amide bonds. The second kappa shape index (κ2) is 10.7. The van der Waals surface area contributed by atoms with Crippen LogP contribution in [0.5, 0.6) is 0 Å². The molecule has 6 heteroatoms. The summed E-state index contributed by atoms with van der Waals surface area (Å²) in [5.41, 5.74) is 2.61. The van der Waals surface area contributed by atoms with E-state index in [-0.39, 0.29) is 0 Å². The van der Waals surface area contributed by atoms with Crippen LogP contribution in [0.25, 0.3) is 0 Å². The van der Waals surface area contributed by atoms with Crippen molar-refractivity contribution in [2.45, 2.75) is 45.8 Å². The summed E-state index contributed by atoms with van der Waals surface area (Å²) in [6.07, 6.45) is 10.5. The van der Waals surface area contributed by atoms with Crippen LogP contribution in [0.1, 0.15) is 43.9 Å². The van der Waals surface area contributed by atoms with E-state index in [9.17, 15) is 0 Å². The van der Waals surface area contributed by atoms with Gasteiger partial charge in [0.15, 0.2) is 0 Å². The number of hydrogen-bond acceptors (Lipinski definition) is 5. The molecule has 1 saturated heterocycles. The molecule has 0 spiro atoms. The largest absolute Gasteiger partial charge is 0.383 e. The molecule has 0 aliphatic carbocycles. The first kappa shape index (κ1) is 21.0. The first-order chi connectivity index (χ1) is 13.6. The average molecular weight is 386 g/mol. The van der Waals surface area contributed by atoms with Gasteiger partial charge in [0, 0.05) is 63.5 Å². The monoisotopic (exact) mass is 385 g/mol. The molecule has 1 aliphatic heterocycles. The van der Waals surface area contributed by atoms with Gasteiger partial charge in [-0.1, -0.05) is 0 Å². The molecule has 3 heterocycles. The minimum absolute atomic E-state index is 0.402. The van der Waals surface area contributed by atoms with Crippen LogP contribution in [-0.4, -0.2) is 64.5 Å². The summed E-state index contributed by atoms with van der Waals surface area (Å²) in [7, 11) is 1.78. The van der Waals surface area contributed by atoms with E-state index in [1.807, 2.05) is 23.3 Å². The van der Waals surface area contributed by atoms with Crippen LogP contribution in [0.4, 0.5) is 0 Å². The number of nitrogens with zero attached hydrogens (tertiary/aromatic N) is 5. The van der Waals surface area contributed by atoms with Crippen LogP contribution >= 0.6 is 0 Å². The number of pyridine rings is 1. The lowest BCUT2D eigenvalue weighted by atomic mass is 9.96. The number of methoxy groups -OCH3 is 1. The minimum atomic E-state index is 0.402. The maximum atomic E-state index is 5.22. The quantitative estimate of drug-likeness (QED) is 0.628. The zero-order valence-corrected chi connectivity index (χ0v) is 17.6. The maximum absolute atomic E-state index is 5.22. The zero-order valence-electron chi connectivity index (χ0n) is 17.6. The summed E-state index contributed by atoms with van der Waals surface area (Å²) in [6.45, 7) is 11.6. The Morgan fingerprint density at radius 1 is 1.14 bits per heavy atom. The molecular formula is C22H35N5O. The molecule has 0 N–H and O–H groups in total. The van der Waals surface area contributed by atoms with Crippen molar-refractivity contribution in [2.24, 2.45) is 5.92 Å². The number of ether oxygens (including phenoxy) is 1.